The lowest BCUT2D eigenvalue weighted by Crippen LogP contribution is -2.32. The van der Waals surface area contributed by atoms with Crippen LogP contribution in [0.1, 0.15) is 18.5 Å². The van der Waals surface area contributed by atoms with Gasteiger partial charge < -0.3 is 10.6 Å². The highest BCUT2D eigenvalue weighted by molar-refractivity contribution is 6.40. The van der Waals surface area contributed by atoms with Crippen molar-refractivity contribution >= 4 is 52.4 Å². The van der Waals surface area contributed by atoms with Crippen molar-refractivity contribution in [2.24, 2.45) is 0 Å². The molecule has 0 bridgehead atoms. The van der Waals surface area contributed by atoms with Gasteiger partial charge in [-0.1, -0.05) is 71.7 Å². The van der Waals surface area contributed by atoms with Crippen LogP contribution in [0, 0.1) is 5.82 Å². The maximum absolute atomic E-state index is 14.8. The van der Waals surface area contributed by atoms with E-state index in [1.807, 2.05) is 37.3 Å². The summed E-state index contributed by atoms with van der Waals surface area (Å²) in [6.45, 7) is 1.96. The van der Waals surface area contributed by atoms with Gasteiger partial charge in [0.25, 0.3) is 0 Å². The molecule has 34 heavy (non-hydrogen) atoms. The molecule has 4 aromatic rings. The number of para-hydroxylation sites is 2. The van der Waals surface area contributed by atoms with Crippen LogP contribution in [0.25, 0.3) is 0 Å². The second-order valence-electron chi connectivity index (χ2n) is 7.33. The fraction of sp³-hybridized carbons (Fsp3) is 0.0800. The standard InChI is InChI=1S/C25H20Cl2FN5O/c1-16(17-8-3-2-4-9-17)30-24-29-15-14-22(31-24)33(21-13-6-5-12-20(21)28)25(34)32-23-18(26)10-7-11-19(23)27/h2-16H,1H3,(H,32,34)(H,29,30,31)/t16-/m0/s1. The first-order valence-electron chi connectivity index (χ1n) is 10.4. The normalized spacial score (nSPS) is 11.5. The molecule has 1 atom stereocenters. The van der Waals surface area contributed by atoms with E-state index < -0.39 is 11.8 Å². The summed E-state index contributed by atoms with van der Waals surface area (Å²) >= 11 is 12.4. The summed E-state index contributed by atoms with van der Waals surface area (Å²) in [5, 5.41) is 6.37. The van der Waals surface area contributed by atoms with Crippen molar-refractivity contribution in [1.29, 1.82) is 0 Å². The third-order valence-corrected chi connectivity index (χ3v) is 5.64. The van der Waals surface area contributed by atoms with Gasteiger partial charge in [0.15, 0.2) is 0 Å². The molecule has 1 aromatic heterocycles. The minimum absolute atomic E-state index is 0.00364. The van der Waals surface area contributed by atoms with Crippen LogP contribution >= 0.6 is 23.2 Å². The average molecular weight is 496 g/mol. The molecule has 1 heterocycles. The van der Waals surface area contributed by atoms with Crippen molar-refractivity contribution < 1.29 is 9.18 Å². The molecule has 0 aliphatic heterocycles. The number of carbonyl (C=O) groups excluding carboxylic acids is 1. The number of hydrogen-bond donors (Lipinski definition) is 2. The molecule has 6 nitrogen and oxygen atoms in total. The van der Waals surface area contributed by atoms with E-state index in [0.29, 0.717) is 0 Å². The summed E-state index contributed by atoms with van der Waals surface area (Å²) < 4.78 is 14.8. The van der Waals surface area contributed by atoms with Gasteiger partial charge in [0.2, 0.25) is 5.95 Å². The van der Waals surface area contributed by atoms with E-state index in [2.05, 4.69) is 20.6 Å². The molecule has 0 unspecified atom stereocenters. The van der Waals surface area contributed by atoms with Gasteiger partial charge >= 0.3 is 6.03 Å². The van der Waals surface area contributed by atoms with Gasteiger partial charge in [-0.15, -0.1) is 0 Å². The molecule has 2 amide bonds. The zero-order chi connectivity index (χ0) is 24.1. The monoisotopic (exact) mass is 495 g/mol. The molecular weight excluding hydrogens is 476 g/mol. The largest absolute Gasteiger partial charge is 0.348 e. The van der Waals surface area contributed by atoms with Crippen molar-refractivity contribution in [2.45, 2.75) is 13.0 Å². The van der Waals surface area contributed by atoms with Crippen LogP contribution < -0.4 is 15.5 Å². The number of anilines is 4. The fourth-order valence-corrected chi connectivity index (χ4v) is 3.80. The van der Waals surface area contributed by atoms with Crippen LogP contribution in [0.4, 0.5) is 32.3 Å². The number of urea groups is 1. The van der Waals surface area contributed by atoms with Crippen molar-refractivity contribution in [1.82, 2.24) is 9.97 Å². The highest BCUT2D eigenvalue weighted by atomic mass is 35.5. The number of nitrogens with one attached hydrogen (secondary N) is 2. The molecule has 0 saturated carbocycles. The Bertz CT molecular complexity index is 1290. The molecule has 2 N–H and O–H groups in total. The Morgan fingerprint density at radius 1 is 0.941 bits per heavy atom. The summed E-state index contributed by atoms with van der Waals surface area (Å²) in [5.74, 6) is -0.170. The zero-order valence-corrected chi connectivity index (χ0v) is 19.6. The number of carbonyl (C=O) groups is 1. The maximum Gasteiger partial charge on any atom is 0.332 e. The fourth-order valence-electron chi connectivity index (χ4n) is 3.31. The summed E-state index contributed by atoms with van der Waals surface area (Å²) in [6.07, 6.45) is 1.49. The van der Waals surface area contributed by atoms with E-state index in [1.54, 1.807) is 24.3 Å². The average Bonchev–Trinajstić information content (AvgIpc) is 2.84. The molecular formula is C25H20Cl2FN5O. The van der Waals surface area contributed by atoms with Crippen LogP contribution in [-0.2, 0) is 0 Å². The molecule has 0 aliphatic carbocycles. The lowest BCUT2D eigenvalue weighted by Gasteiger charge is -2.24. The second kappa shape index (κ2) is 10.5. The smallest absolute Gasteiger partial charge is 0.332 e. The van der Waals surface area contributed by atoms with Crippen molar-refractivity contribution in [3.05, 3.63) is 106 Å². The Kier molecular flexibility index (Phi) is 7.25. The van der Waals surface area contributed by atoms with Gasteiger partial charge in [-0.05, 0) is 36.8 Å². The molecule has 3 aromatic carbocycles. The predicted octanol–water partition coefficient (Wildman–Crippen LogP) is 7.47. The third-order valence-electron chi connectivity index (χ3n) is 5.01. The van der Waals surface area contributed by atoms with E-state index in [-0.39, 0.29) is 39.2 Å². The van der Waals surface area contributed by atoms with Gasteiger partial charge in [0.1, 0.15) is 11.6 Å². The summed E-state index contributed by atoms with van der Waals surface area (Å²) in [7, 11) is 0. The van der Waals surface area contributed by atoms with Crippen molar-refractivity contribution in [2.75, 3.05) is 15.5 Å². The van der Waals surface area contributed by atoms with E-state index in [9.17, 15) is 9.18 Å². The van der Waals surface area contributed by atoms with Crippen LogP contribution in [-0.4, -0.2) is 16.0 Å². The first kappa shape index (κ1) is 23.5. The molecule has 0 fully saturated rings. The number of nitrogens with zero attached hydrogens (tertiary/aromatic N) is 3. The SMILES string of the molecule is C[C@H](Nc1nccc(N(C(=O)Nc2c(Cl)cccc2Cl)c2ccccc2F)n1)c1ccccc1. The quantitative estimate of drug-likeness (QED) is 0.291. The van der Waals surface area contributed by atoms with Gasteiger partial charge in [-0.2, -0.15) is 4.98 Å². The van der Waals surface area contributed by atoms with Crippen LogP contribution in [0.5, 0.6) is 0 Å². The molecule has 9 heteroatoms. The minimum Gasteiger partial charge on any atom is -0.348 e. The van der Waals surface area contributed by atoms with Crippen LogP contribution in [0.3, 0.4) is 0 Å². The van der Waals surface area contributed by atoms with Crippen LogP contribution in [0.2, 0.25) is 10.0 Å². The topological polar surface area (TPSA) is 70.2 Å². The Hall–Kier alpha value is -3.68. The number of benzene rings is 3. The number of amides is 2. The van der Waals surface area contributed by atoms with E-state index >= 15 is 0 Å². The minimum atomic E-state index is -0.694. The molecule has 0 radical (unpaired) electrons. The van der Waals surface area contributed by atoms with E-state index in [1.165, 1.54) is 30.5 Å². The zero-order valence-electron chi connectivity index (χ0n) is 18.0. The van der Waals surface area contributed by atoms with E-state index in [4.69, 9.17) is 23.2 Å². The maximum atomic E-state index is 14.8. The first-order valence-corrected chi connectivity index (χ1v) is 11.1. The lowest BCUT2D eigenvalue weighted by atomic mass is 10.1. The lowest BCUT2D eigenvalue weighted by molar-refractivity contribution is 0.258. The van der Waals surface area contributed by atoms with E-state index in [0.717, 1.165) is 10.5 Å². The molecule has 4 rings (SSSR count). The number of aromatic nitrogens is 2. The molecule has 0 aliphatic rings. The number of halogens is 3. The molecule has 0 saturated heterocycles. The van der Waals surface area contributed by atoms with Crippen molar-refractivity contribution in [3.8, 4) is 0 Å². The van der Waals surface area contributed by atoms with Gasteiger partial charge in [0.05, 0.1) is 27.5 Å². The molecule has 172 valence electrons. The third kappa shape index (κ3) is 5.27. The van der Waals surface area contributed by atoms with Crippen LogP contribution in [0.15, 0.2) is 85.1 Å². The first-order chi connectivity index (χ1) is 16.4. The summed E-state index contributed by atoms with van der Waals surface area (Å²) in [6, 6.07) is 21.2. The Morgan fingerprint density at radius 3 is 2.32 bits per heavy atom. The molecule has 0 spiro atoms. The Labute approximate surface area is 206 Å². The van der Waals surface area contributed by atoms with Crippen molar-refractivity contribution in [3.63, 3.8) is 0 Å². The Balaban J connectivity index is 1.69. The van der Waals surface area contributed by atoms with Gasteiger partial charge in [-0.3, -0.25) is 0 Å². The highest BCUT2D eigenvalue weighted by Gasteiger charge is 2.24. The van der Waals surface area contributed by atoms with Gasteiger partial charge in [0, 0.05) is 12.3 Å². The van der Waals surface area contributed by atoms with Gasteiger partial charge in [-0.25, -0.2) is 19.1 Å². The second-order valence-corrected chi connectivity index (χ2v) is 8.14. The summed E-state index contributed by atoms with van der Waals surface area (Å²) in [5.41, 5.74) is 1.25. The highest BCUT2D eigenvalue weighted by Crippen LogP contribution is 2.33. The predicted molar refractivity (Wildman–Crippen MR) is 135 cm³/mol. The Morgan fingerprint density at radius 2 is 1.62 bits per heavy atom. The number of hydrogen-bond acceptors (Lipinski definition) is 4. The summed E-state index contributed by atoms with van der Waals surface area (Å²) in [4.78, 5) is 23.2. The number of rotatable bonds is 6.